The van der Waals surface area contributed by atoms with E-state index >= 15 is 0 Å². The first kappa shape index (κ1) is 101. The summed E-state index contributed by atoms with van der Waals surface area (Å²) < 4.78 is 5.42. The summed E-state index contributed by atoms with van der Waals surface area (Å²) >= 11 is 0. The lowest BCUT2D eigenvalue weighted by atomic mass is 10.0. The Morgan fingerprint density at radius 2 is 0.640 bits per heavy atom. The third-order valence-corrected chi connectivity index (χ3v) is 13.8. The standard InChI is InChI=1S/C15H25N.C14H29NO2.2C10H22.C9H21N.C9H20.C8H19N.C8H18/c1-13(2)10-16(11-14(3)4)12-15-8-6-5-7-9-15;1-11(2)8-9-15(10-12(3)4)13(16)17-14(5,6)7;2*1-9(2)7-5-6-8-10(3)4;1-8(2)5-6-10-7-9(3)4;1-8(2)6-5-7-9(3)4;1-7(2)5-9-6-8(3)4;1-7(2)5-6-8(3)4/h5-9,13-14H,10-12H2,1-4H3;11-12H,8-10H2,1-7H3;2*9-10H,5-8H2,1-4H3;8-10H,5-7H2,1-4H3;8-9H,5-7H2,1-4H3;7-9H,5-6H2,1-4H3;7-8H,5-6H2,1-4H3. The third-order valence-electron chi connectivity index (χ3n) is 13.8. The number of benzene rings is 1. The molecule has 6 heteroatoms. The zero-order valence-electron chi connectivity index (χ0n) is 68.3. The van der Waals surface area contributed by atoms with Crippen molar-refractivity contribution in [1.29, 1.82) is 0 Å². The van der Waals surface area contributed by atoms with Crippen LogP contribution in [0, 0.1) is 94.7 Å². The molecule has 1 rings (SSSR count). The number of hydrogen-bond acceptors (Lipinski definition) is 5. The molecule has 540 valence electrons. The number of rotatable bonds is 37. The summed E-state index contributed by atoms with van der Waals surface area (Å²) in [6, 6.07) is 10.8. The second-order valence-electron chi connectivity index (χ2n) is 34.4. The van der Waals surface area contributed by atoms with Crippen LogP contribution in [-0.2, 0) is 11.3 Å². The first-order chi connectivity index (χ1) is 40.9. The number of ether oxygens (including phenoxy) is 1. The van der Waals surface area contributed by atoms with Crippen LogP contribution in [0.5, 0.6) is 0 Å². The Kier molecular flexibility index (Phi) is 76.8. The summed E-state index contributed by atoms with van der Waals surface area (Å²) in [5, 5.41) is 6.80. The predicted octanol–water partition coefficient (Wildman–Crippen LogP) is 26.2. The van der Waals surface area contributed by atoms with Gasteiger partial charge < -0.3 is 20.3 Å². The van der Waals surface area contributed by atoms with Crippen LogP contribution in [0.25, 0.3) is 0 Å². The van der Waals surface area contributed by atoms with Gasteiger partial charge in [-0.2, -0.15) is 0 Å². The summed E-state index contributed by atoms with van der Waals surface area (Å²) in [7, 11) is 0. The second-order valence-corrected chi connectivity index (χ2v) is 34.4. The molecule has 1 amide bonds. The average Bonchev–Trinajstić information content (AvgIpc) is 3.56. The Labute approximate surface area is 566 Å². The number of amides is 1. The van der Waals surface area contributed by atoms with Crippen LogP contribution in [0.3, 0.4) is 0 Å². The number of unbranched alkanes of at least 4 members (excludes halogenated alkanes) is 2. The van der Waals surface area contributed by atoms with Crippen molar-refractivity contribution in [2.75, 3.05) is 52.4 Å². The minimum Gasteiger partial charge on any atom is -0.444 e. The molecule has 0 heterocycles. The quantitative estimate of drug-likeness (QED) is 0.0650. The Balaban J connectivity index is -0.000000175. The van der Waals surface area contributed by atoms with Crippen molar-refractivity contribution in [3.05, 3.63) is 35.9 Å². The van der Waals surface area contributed by atoms with Gasteiger partial charge in [0, 0.05) is 32.7 Å². The van der Waals surface area contributed by atoms with Crippen LogP contribution in [0.4, 0.5) is 4.79 Å². The van der Waals surface area contributed by atoms with Crippen molar-refractivity contribution < 1.29 is 9.53 Å². The van der Waals surface area contributed by atoms with Crippen molar-refractivity contribution in [3.63, 3.8) is 0 Å². The minimum atomic E-state index is -0.413. The van der Waals surface area contributed by atoms with E-state index in [0.717, 1.165) is 129 Å². The van der Waals surface area contributed by atoms with Crippen LogP contribution < -0.4 is 10.6 Å². The molecule has 0 saturated carbocycles. The molecule has 0 aliphatic heterocycles. The highest BCUT2D eigenvalue weighted by Crippen LogP contribution is 2.17. The molecule has 1 aromatic rings. The SMILES string of the molecule is CC(C)CCC(C)C.CC(C)CCCC(C)C.CC(C)CCCCC(C)C.CC(C)CCCCC(C)C.CC(C)CCN(CC(C)C)C(=O)OC(C)(C)C.CC(C)CCNCC(C)C.CC(C)CN(Cc1ccccc1)CC(C)C.CC(C)CNCC(C)C. The fourth-order valence-corrected chi connectivity index (χ4v) is 8.77. The van der Waals surface area contributed by atoms with E-state index in [0.29, 0.717) is 11.8 Å². The highest BCUT2D eigenvalue weighted by Gasteiger charge is 2.22. The van der Waals surface area contributed by atoms with Gasteiger partial charge in [0.05, 0.1) is 0 Å². The highest BCUT2D eigenvalue weighted by molar-refractivity contribution is 5.68. The molecule has 0 aliphatic carbocycles. The van der Waals surface area contributed by atoms with Crippen molar-refractivity contribution in [1.82, 2.24) is 20.4 Å². The molecule has 0 spiro atoms. The number of hydrogen-bond donors (Lipinski definition) is 2. The van der Waals surface area contributed by atoms with Crippen LogP contribution >= 0.6 is 0 Å². The number of nitrogens with one attached hydrogen (secondary N) is 2. The average molecular weight is 1260 g/mol. The van der Waals surface area contributed by atoms with E-state index in [1.165, 1.54) is 115 Å². The topological polar surface area (TPSA) is 56.8 Å². The molecule has 0 radical (unpaired) electrons. The van der Waals surface area contributed by atoms with Gasteiger partial charge in [-0.1, -0.05) is 335 Å². The van der Waals surface area contributed by atoms with Crippen LogP contribution in [-0.4, -0.2) is 73.9 Å². The zero-order chi connectivity index (χ0) is 70.7. The Morgan fingerprint density at radius 1 is 0.348 bits per heavy atom. The molecular weight excluding hydrogens is 1080 g/mol. The van der Waals surface area contributed by atoms with Gasteiger partial charge in [-0.05, 0) is 160 Å². The van der Waals surface area contributed by atoms with E-state index in [1.54, 1.807) is 0 Å². The van der Waals surface area contributed by atoms with Crippen molar-refractivity contribution in [2.45, 2.75) is 351 Å². The fourth-order valence-electron chi connectivity index (χ4n) is 8.77. The van der Waals surface area contributed by atoms with Gasteiger partial charge in [0.25, 0.3) is 0 Å². The predicted molar refractivity (Wildman–Crippen MR) is 412 cm³/mol. The van der Waals surface area contributed by atoms with Crippen LogP contribution in [0.2, 0.25) is 0 Å². The maximum absolute atomic E-state index is 12.0. The van der Waals surface area contributed by atoms with Gasteiger partial charge in [-0.15, -0.1) is 0 Å². The lowest BCUT2D eigenvalue weighted by molar-refractivity contribution is 0.0220. The monoisotopic (exact) mass is 1260 g/mol. The first-order valence-electron chi connectivity index (χ1n) is 38.1. The number of carbonyl (C=O) groups excluding carboxylic acids is 1. The van der Waals surface area contributed by atoms with Gasteiger partial charge in [0.1, 0.15) is 5.60 Å². The van der Waals surface area contributed by atoms with E-state index in [2.05, 4.69) is 267 Å². The van der Waals surface area contributed by atoms with E-state index in [-0.39, 0.29) is 6.09 Å². The molecule has 0 aromatic heterocycles. The van der Waals surface area contributed by atoms with E-state index in [4.69, 9.17) is 4.74 Å². The molecule has 0 unspecified atom stereocenters. The van der Waals surface area contributed by atoms with E-state index < -0.39 is 5.60 Å². The molecule has 89 heavy (non-hydrogen) atoms. The lowest BCUT2D eigenvalue weighted by Gasteiger charge is -2.29. The molecule has 1 aromatic carbocycles. The lowest BCUT2D eigenvalue weighted by Crippen LogP contribution is -2.39. The third kappa shape index (κ3) is 111. The maximum Gasteiger partial charge on any atom is 0.410 e. The Hall–Kier alpha value is -1.63. The normalized spacial score (nSPS) is 11.6. The van der Waals surface area contributed by atoms with Gasteiger partial charge in [-0.25, -0.2) is 4.79 Å². The Bertz CT molecular complexity index is 1350. The van der Waals surface area contributed by atoms with Gasteiger partial charge in [0.15, 0.2) is 0 Å². The van der Waals surface area contributed by atoms with Crippen molar-refractivity contribution >= 4 is 6.09 Å². The second kappa shape index (κ2) is 67.8. The summed E-state index contributed by atoms with van der Waals surface area (Å²) in [4.78, 5) is 16.4. The fraction of sp³-hybridized carbons (Fsp3) is 0.916. The molecule has 0 atom stereocenters. The van der Waals surface area contributed by atoms with Gasteiger partial charge >= 0.3 is 6.09 Å². The van der Waals surface area contributed by atoms with Crippen molar-refractivity contribution in [2.24, 2.45) is 94.7 Å². The molecule has 0 saturated heterocycles. The molecule has 2 N–H and O–H groups in total. The van der Waals surface area contributed by atoms with E-state index in [1.807, 2.05) is 25.7 Å². The summed E-state index contributed by atoms with van der Waals surface area (Å²) in [5.74, 6) is 12.9. The zero-order valence-corrected chi connectivity index (χ0v) is 68.3. The largest absolute Gasteiger partial charge is 0.444 e. The van der Waals surface area contributed by atoms with Crippen LogP contribution in [0.1, 0.15) is 344 Å². The summed E-state index contributed by atoms with van der Waals surface area (Å²) in [6.07, 6.45) is 20.5. The molecule has 0 bridgehead atoms. The van der Waals surface area contributed by atoms with Gasteiger partial charge in [0.2, 0.25) is 0 Å². The molecule has 0 fully saturated rings. The van der Waals surface area contributed by atoms with Gasteiger partial charge in [-0.3, -0.25) is 4.90 Å². The highest BCUT2D eigenvalue weighted by atomic mass is 16.6. The van der Waals surface area contributed by atoms with Crippen LogP contribution in [0.15, 0.2) is 30.3 Å². The summed E-state index contributed by atoms with van der Waals surface area (Å²) in [5.41, 5.74) is 1.01. The smallest absolute Gasteiger partial charge is 0.410 e. The molecular formula is C83H176N4O2. The Morgan fingerprint density at radius 3 is 0.910 bits per heavy atom. The maximum atomic E-state index is 12.0. The summed E-state index contributed by atoms with van der Waals surface area (Å²) in [6.45, 7) is 87.7. The van der Waals surface area contributed by atoms with Crippen molar-refractivity contribution in [3.8, 4) is 0 Å². The minimum absolute atomic E-state index is 0.188. The molecule has 0 aliphatic rings. The number of nitrogens with zero attached hydrogens (tertiary/aromatic N) is 2. The first-order valence-corrected chi connectivity index (χ1v) is 38.1. The number of carbonyl (C=O) groups is 1. The van der Waals surface area contributed by atoms with E-state index in [9.17, 15) is 4.79 Å². The molecule has 6 nitrogen and oxygen atoms in total.